The molecule has 0 bridgehead atoms. The van der Waals surface area contributed by atoms with Gasteiger partial charge in [-0.2, -0.15) is 0 Å². The number of aromatic nitrogens is 3. The van der Waals surface area contributed by atoms with Crippen LogP contribution in [-0.2, 0) is 6.54 Å². The van der Waals surface area contributed by atoms with Crippen molar-refractivity contribution in [3.05, 3.63) is 11.6 Å². The molecule has 1 aliphatic carbocycles. The molecular formula is C13H23N5O. The molecule has 1 aromatic rings. The van der Waals surface area contributed by atoms with Gasteiger partial charge in [-0.05, 0) is 40.5 Å². The second kappa shape index (κ2) is 5.59. The molecule has 0 radical (unpaired) electrons. The van der Waals surface area contributed by atoms with Gasteiger partial charge in [-0.15, -0.1) is 10.2 Å². The van der Waals surface area contributed by atoms with Gasteiger partial charge in [0.25, 0.3) is 0 Å². The van der Waals surface area contributed by atoms with Crippen LogP contribution < -0.4 is 5.32 Å². The molecule has 1 aromatic heterocycles. The van der Waals surface area contributed by atoms with Crippen LogP contribution >= 0.6 is 0 Å². The molecule has 2 amide bonds. The summed E-state index contributed by atoms with van der Waals surface area (Å²) in [6.07, 6.45) is 2.37. The predicted octanol–water partition coefficient (Wildman–Crippen LogP) is 1.86. The van der Waals surface area contributed by atoms with E-state index in [4.69, 9.17) is 0 Å². The van der Waals surface area contributed by atoms with Crippen molar-refractivity contribution < 1.29 is 4.79 Å². The molecule has 0 spiro atoms. The summed E-state index contributed by atoms with van der Waals surface area (Å²) in [5.74, 6) is 1.79. The molecule has 1 saturated carbocycles. The van der Waals surface area contributed by atoms with E-state index >= 15 is 0 Å². The van der Waals surface area contributed by atoms with Gasteiger partial charge in [0.05, 0.1) is 6.54 Å². The average Bonchev–Trinajstić information content (AvgIpc) is 3.11. The minimum Gasteiger partial charge on any atom is -0.331 e. The van der Waals surface area contributed by atoms with Crippen LogP contribution in [0.2, 0.25) is 0 Å². The number of aryl methyl sites for hydroxylation is 1. The van der Waals surface area contributed by atoms with E-state index in [1.54, 1.807) is 4.90 Å². The molecular weight excluding hydrogens is 242 g/mol. The number of hydrogen-bond acceptors (Lipinski definition) is 3. The second-order valence-electron chi connectivity index (χ2n) is 5.30. The van der Waals surface area contributed by atoms with E-state index in [-0.39, 0.29) is 12.1 Å². The normalized spacial score (nSPS) is 14.8. The first-order chi connectivity index (χ1) is 9.04. The maximum absolute atomic E-state index is 12.1. The Morgan fingerprint density at radius 2 is 2.16 bits per heavy atom. The Morgan fingerprint density at radius 1 is 1.47 bits per heavy atom. The van der Waals surface area contributed by atoms with E-state index in [9.17, 15) is 4.79 Å². The van der Waals surface area contributed by atoms with Crippen molar-refractivity contribution >= 4 is 6.03 Å². The summed E-state index contributed by atoms with van der Waals surface area (Å²) in [4.78, 5) is 13.8. The number of nitrogens with zero attached hydrogens (tertiary/aromatic N) is 4. The fourth-order valence-electron chi connectivity index (χ4n) is 2.34. The minimum absolute atomic E-state index is 0.0412. The second-order valence-corrected chi connectivity index (χ2v) is 5.30. The van der Waals surface area contributed by atoms with Gasteiger partial charge < -0.3 is 14.8 Å². The zero-order chi connectivity index (χ0) is 14.0. The lowest BCUT2D eigenvalue weighted by Crippen LogP contribution is -2.43. The molecule has 1 N–H and O–H groups in total. The van der Waals surface area contributed by atoms with E-state index in [1.807, 2.05) is 27.7 Å². The van der Waals surface area contributed by atoms with Crippen LogP contribution in [0.4, 0.5) is 4.79 Å². The number of amides is 2. The van der Waals surface area contributed by atoms with Gasteiger partial charge in [0.15, 0.2) is 5.82 Å². The van der Waals surface area contributed by atoms with Crippen molar-refractivity contribution in [3.8, 4) is 0 Å². The molecule has 2 rings (SSSR count). The van der Waals surface area contributed by atoms with Gasteiger partial charge >= 0.3 is 6.03 Å². The average molecular weight is 265 g/mol. The zero-order valence-corrected chi connectivity index (χ0v) is 12.2. The summed E-state index contributed by atoms with van der Waals surface area (Å²) < 4.78 is 2.14. The highest BCUT2D eigenvalue weighted by atomic mass is 16.2. The Morgan fingerprint density at radius 3 is 2.68 bits per heavy atom. The quantitative estimate of drug-likeness (QED) is 0.884. The minimum atomic E-state index is -0.0412. The molecule has 0 saturated heterocycles. The van der Waals surface area contributed by atoms with E-state index in [1.165, 1.54) is 12.8 Å². The molecule has 1 heterocycles. The number of rotatable bonds is 5. The summed E-state index contributed by atoms with van der Waals surface area (Å²) in [5.41, 5.74) is 0. The molecule has 0 aliphatic heterocycles. The van der Waals surface area contributed by atoms with Gasteiger partial charge in [0.2, 0.25) is 0 Å². The van der Waals surface area contributed by atoms with Crippen molar-refractivity contribution in [2.45, 2.75) is 59.2 Å². The first-order valence-corrected chi connectivity index (χ1v) is 6.99. The van der Waals surface area contributed by atoms with Crippen molar-refractivity contribution in [3.63, 3.8) is 0 Å². The van der Waals surface area contributed by atoms with Crippen molar-refractivity contribution in [2.75, 3.05) is 6.54 Å². The maximum Gasteiger partial charge on any atom is 0.317 e. The summed E-state index contributed by atoms with van der Waals surface area (Å²) in [6.45, 7) is 9.12. The predicted molar refractivity (Wildman–Crippen MR) is 72.8 cm³/mol. The number of nitrogens with one attached hydrogen (secondary N) is 1. The molecule has 0 atom stereocenters. The topological polar surface area (TPSA) is 63.1 Å². The standard InChI is InChI=1S/C13H23N5O/c1-5-17(9(2)3)13(19)14-8-12-16-15-10(4)18(12)11-6-7-11/h9,11H,5-8H2,1-4H3,(H,14,19). The van der Waals surface area contributed by atoms with Crippen molar-refractivity contribution in [1.29, 1.82) is 0 Å². The van der Waals surface area contributed by atoms with Gasteiger partial charge in [-0.3, -0.25) is 0 Å². The van der Waals surface area contributed by atoms with Crippen molar-refractivity contribution in [1.82, 2.24) is 25.0 Å². The number of hydrogen-bond donors (Lipinski definition) is 1. The molecule has 0 unspecified atom stereocenters. The lowest BCUT2D eigenvalue weighted by molar-refractivity contribution is 0.186. The number of urea groups is 1. The van der Waals surface area contributed by atoms with Crippen LogP contribution in [0.1, 0.15) is 51.3 Å². The summed E-state index contributed by atoms with van der Waals surface area (Å²) in [7, 11) is 0. The SMILES string of the molecule is CCN(C(=O)NCc1nnc(C)n1C1CC1)C(C)C. The Bertz CT molecular complexity index is 450. The van der Waals surface area contributed by atoms with Crippen LogP contribution in [0.15, 0.2) is 0 Å². The third kappa shape index (κ3) is 3.05. The highest BCUT2D eigenvalue weighted by Gasteiger charge is 2.28. The van der Waals surface area contributed by atoms with E-state index in [0.29, 0.717) is 19.1 Å². The molecule has 1 fully saturated rings. The molecule has 106 valence electrons. The van der Waals surface area contributed by atoms with Crippen molar-refractivity contribution in [2.24, 2.45) is 0 Å². The van der Waals surface area contributed by atoms with Crippen LogP contribution in [0, 0.1) is 6.92 Å². The smallest absolute Gasteiger partial charge is 0.317 e. The third-order valence-electron chi connectivity index (χ3n) is 3.47. The molecule has 6 heteroatoms. The lowest BCUT2D eigenvalue weighted by Gasteiger charge is -2.25. The highest BCUT2D eigenvalue weighted by molar-refractivity contribution is 5.74. The Balaban J connectivity index is 1.97. The lowest BCUT2D eigenvalue weighted by atomic mass is 10.3. The summed E-state index contributed by atoms with van der Waals surface area (Å²) >= 11 is 0. The van der Waals surface area contributed by atoms with Gasteiger partial charge in [0, 0.05) is 18.6 Å². The van der Waals surface area contributed by atoms with Crippen LogP contribution in [0.25, 0.3) is 0 Å². The first-order valence-electron chi connectivity index (χ1n) is 6.99. The zero-order valence-electron chi connectivity index (χ0n) is 12.2. The number of carbonyl (C=O) groups excluding carboxylic acids is 1. The summed E-state index contributed by atoms with van der Waals surface area (Å²) in [6, 6.07) is 0.697. The number of carbonyl (C=O) groups is 1. The largest absolute Gasteiger partial charge is 0.331 e. The van der Waals surface area contributed by atoms with E-state index in [0.717, 1.165) is 11.6 Å². The molecule has 6 nitrogen and oxygen atoms in total. The van der Waals surface area contributed by atoms with Gasteiger partial charge in [-0.1, -0.05) is 0 Å². The first kappa shape index (κ1) is 13.8. The highest BCUT2D eigenvalue weighted by Crippen LogP contribution is 2.36. The van der Waals surface area contributed by atoms with Crippen LogP contribution in [0.5, 0.6) is 0 Å². The monoisotopic (exact) mass is 265 g/mol. The summed E-state index contributed by atoms with van der Waals surface area (Å²) in [5, 5.41) is 11.2. The molecule has 1 aliphatic rings. The van der Waals surface area contributed by atoms with Gasteiger partial charge in [0.1, 0.15) is 5.82 Å². The van der Waals surface area contributed by atoms with Crippen LogP contribution in [0.3, 0.4) is 0 Å². The fraction of sp³-hybridized carbons (Fsp3) is 0.769. The molecule has 19 heavy (non-hydrogen) atoms. The van der Waals surface area contributed by atoms with Gasteiger partial charge in [-0.25, -0.2) is 4.79 Å². The Labute approximate surface area is 114 Å². The maximum atomic E-state index is 12.1. The van der Waals surface area contributed by atoms with E-state index < -0.39 is 0 Å². The third-order valence-corrected chi connectivity index (χ3v) is 3.47. The molecule has 0 aromatic carbocycles. The Hall–Kier alpha value is -1.59. The van der Waals surface area contributed by atoms with E-state index in [2.05, 4.69) is 20.1 Å². The fourth-order valence-corrected chi connectivity index (χ4v) is 2.34. The Kier molecular flexibility index (Phi) is 4.07. The van der Waals surface area contributed by atoms with Crippen LogP contribution in [-0.4, -0.2) is 38.3 Å².